The summed E-state index contributed by atoms with van der Waals surface area (Å²) >= 11 is 0. The van der Waals surface area contributed by atoms with E-state index >= 15 is 0 Å². The summed E-state index contributed by atoms with van der Waals surface area (Å²) in [4.78, 5) is 8.35. The molecule has 0 radical (unpaired) electrons. The van der Waals surface area contributed by atoms with Gasteiger partial charge in [-0.05, 0) is 36.4 Å². The highest BCUT2D eigenvalue weighted by Crippen LogP contribution is 2.26. The second-order valence-corrected chi connectivity index (χ2v) is 4.25. The van der Waals surface area contributed by atoms with Gasteiger partial charge < -0.3 is 4.42 Å². The zero-order valence-corrected chi connectivity index (χ0v) is 10.8. The quantitative estimate of drug-likeness (QED) is 0.715. The normalized spacial score (nSPS) is 9.81. The van der Waals surface area contributed by atoms with Gasteiger partial charge in [0.1, 0.15) is 23.5 Å². The summed E-state index contributed by atoms with van der Waals surface area (Å²) in [5.74, 6) is 1.20. The highest BCUT2D eigenvalue weighted by atomic mass is 16.3. The zero-order chi connectivity index (χ0) is 14.7. The summed E-state index contributed by atoms with van der Waals surface area (Å²) in [6.07, 6.45) is 3.00. The van der Waals surface area contributed by atoms with Crippen molar-refractivity contribution < 1.29 is 4.42 Å². The standard InChI is InChI=1S/C16H8N4O/c17-7-11-1-3-13(19-9-11)15-5-6-16(21-15)14-4-2-12(8-18)10-20-14/h1-6,9-10H. The van der Waals surface area contributed by atoms with Crippen molar-refractivity contribution in [3.63, 3.8) is 0 Å². The summed E-state index contributed by atoms with van der Waals surface area (Å²) in [5, 5.41) is 17.5. The largest absolute Gasteiger partial charge is 0.453 e. The van der Waals surface area contributed by atoms with Gasteiger partial charge in [-0.3, -0.25) is 9.97 Å². The molecule has 5 nitrogen and oxygen atoms in total. The molecular formula is C16H8N4O. The molecule has 3 rings (SSSR count). The molecule has 0 spiro atoms. The monoisotopic (exact) mass is 272 g/mol. The molecule has 3 heterocycles. The molecule has 0 unspecified atom stereocenters. The Morgan fingerprint density at radius 2 is 1.19 bits per heavy atom. The van der Waals surface area contributed by atoms with Crippen molar-refractivity contribution in [3.8, 4) is 35.0 Å². The molecule has 3 aromatic heterocycles. The molecule has 3 aromatic rings. The second-order valence-electron chi connectivity index (χ2n) is 4.25. The van der Waals surface area contributed by atoms with Crippen LogP contribution in [0.25, 0.3) is 22.9 Å². The molecule has 98 valence electrons. The van der Waals surface area contributed by atoms with Gasteiger partial charge in [-0.15, -0.1) is 0 Å². The van der Waals surface area contributed by atoms with Crippen molar-refractivity contribution in [2.24, 2.45) is 0 Å². The first-order chi connectivity index (χ1) is 10.3. The lowest BCUT2D eigenvalue weighted by Gasteiger charge is -1.97. The summed E-state index contributed by atoms with van der Waals surface area (Å²) in [5.41, 5.74) is 2.29. The van der Waals surface area contributed by atoms with Crippen molar-refractivity contribution in [3.05, 3.63) is 59.9 Å². The van der Waals surface area contributed by atoms with E-state index in [9.17, 15) is 0 Å². The zero-order valence-electron chi connectivity index (χ0n) is 10.8. The first kappa shape index (κ1) is 12.6. The first-order valence-corrected chi connectivity index (χ1v) is 6.13. The lowest BCUT2D eigenvalue weighted by Crippen LogP contribution is -1.83. The fraction of sp³-hybridized carbons (Fsp3) is 0. The van der Waals surface area contributed by atoms with Crippen LogP contribution >= 0.6 is 0 Å². The maximum absolute atomic E-state index is 8.75. The number of aromatic nitrogens is 2. The molecule has 0 atom stereocenters. The van der Waals surface area contributed by atoms with Crippen LogP contribution in [0.4, 0.5) is 0 Å². The molecule has 0 aliphatic carbocycles. The van der Waals surface area contributed by atoms with Crippen LogP contribution in [0.5, 0.6) is 0 Å². The van der Waals surface area contributed by atoms with E-state index in [1.165, 1.54) is 12.4 Å². The number of hydrogen-bond acceptors (Lipinski definition) is 5. The summed E-state index contributed by atoms with van der Waals surface area (Å²) in [6.45, 7) is 0. The van der Waals surface area contributed by atoms with Gasteiger partial charge in [0.2, 0.25) is 0 Å². The minimum absolute atomic E-state index is 0.499. The van der Waals surface area contributed by atoms with Crippen LogP contribution in [0.15, 0.2) is 53.2 Å². The van der Waals surface area contributed by atoms with Gasteiger partial charge in [0.25, 0.3) is 0 Å². The molecule has 0 saturated heterocycles. The predicted octanol–water partition coefficient (Wildman–Crippen LogP) is 3.15. The average Bonchev–Trinajstić information content (AvgIpc) is 3.05. The van der Waals surface area contributed by atoms with E-state index in [0.29, 0.717) is 34.0 Å². The highest BCUT2D eigenvalue weighted by Gasteiger charge is 2.09. The Morgan fingerprint density at radius 3 is 1.52 bits per heavy atom. The SMILES string of the molecule is N#Cc1ccc(-c2ccc(-c3ccc(C#N)cn3)o2)nc1. The third kappa shape index (κ3) is 2.49. The van der Waals surface area contributed by atoms with Crippen LogP contribution in [-0.2, 0) is 0 Å². The Morgan fingerprint density at radius 1 is 0.714 bits per heavy atom. The number of nitrogens with zero attached hydrogens (tertiary/aromatic N) is 4. The third-order valence-electron chi connectivity index (χ3n) is 2.90. The van der Waals surface area contributed by atoms with Gasteiger partial charge in [0, 0.05) is 12.4 Å². The summed E-state index contributed by atoms with van der Waals surface area (Å²) in [6, 6.07) is 14.5. The minimum Gasteiger partial charge on any atom is -0.453 e. The van der Waals surface area contributed by atoms with Crippen LogP contribution in [-0.4, -0.2) is 9.97 Å². The highest BCUT2D eigenvalue weighted by molar-refractivity contribution is 5.60. The maximum atomic E-state index is 8.75. The van der Waals surface area contributed by atoms with Crippen molar-refractivity contribution in [1.82, 2.24) is 9.97 Å². The molecule has 0 aliphatic heterocycles. The Bertz CT molecular complexity index is 777. The molecule has 0 bridgehead atoms. The third-order valence-corrected chi connectivity index (χ3v) is 2.90. The van der Waals surface area contributed by atoms with Crippen LogP contribution in [0.2, 0.25) is 0 Å². The first-order valence-electron chi connectivity index (χ1n) is 6.13. The smallest absolute Gasteiger partial charge is 0.153 e. The summed E-state index contributed by atoms with van der Waals surface area (Å²) < 4.78 is 5.71. The molecule has 0 amide bonds. The van der Waals surface area contributed by atoms with E-state index in [1.807, 2.05) is 12.1 Å². The topological polar surface area (TPSA) is 86.5 Å². The van der Waals surface area contributed by atoms with E-state index in [1.54, 1.807) is 36.4 Å². The van der Waals surface area contributed by atoms with Gasteiger partial charge in [-0.2, -0.15) is 10.5 Å². The van der Waals surface area contributed by atoms with Gasteiger partial charge >= 0.3 is 0 Å². The maximum Gasteiger partial charge on any atom is 0.153 e. The summed E-state index contributed by atoms with van der Waals surface area (Å²) in [7, 11) is 0. The second kappa shape index (κ2) is 5.28. The molecule has 0 aliphatic rings. The average molecular weight is 272 g/mol. The van der Waals surface area contributed by atoms with E-state index in [0.717, 1.165) is 0 Å². The molecule has 0 fully saturated rings. The van der Waals surface area contributed by atoms with Gasteiger partial charge in [0.15, 0.2) is 11.5 Å². The minimum atomic E-state index is 0.499. The van der Waals surface area contributed by atoms with Crippen LogP contribution in [0.3, 0.4) is 0 Å². The Hall–Kier alpha value is -3.44. The van der Waals surface area contributed by atoms with Gasteiger partial charge in [-0.25, -0.2) is 0 Å². The molecule has 21 heavy (non-hydrogen) atoms. The Balaban J connectivity index is 1.92. The number of hydrogen-bond donors (Lipinski definition) is 0. The van der Waals surface area contributed by atoms with Gasteiger partial charge in [-0.1, -0.05) is 0 Å². The van der Waals surface area contributed by atoms with Crippen molar-refractivity contribution in [2.45, 2.75) is 0 Å². The number of rotatable bonds is 2. The Labute approximate surface area is 120 Å². The molecule has 0 aromatic carbocycles. The van der Waals surface area contributed by atoms with E-state index in [-0.39, 0.29) is 0 Å². The molecule has 0 N–H and O–H groups in total. The number of furan rings is 1. The molecule has 5 heteroatoms. The van der Waals surface area contributed by atoms with Crippen LogP contribution in [0.1, 0.15) is 11.1 Å². The fourth-order valence-corrected chi connectivity index (χ4v) is 1.82. The number of nitriles is 2. The van der Waals surface area contributed by atoms with Crippen molar-refractivity contribution in [1.29, 1.82) is 10.5 Å². The van der Waals surface area contributed by atoms with E-state index in [4.69, 9.17) is 14.9 Å². The van der Waals surface area contributed by atoms with Gasteiger partial charge in [0.05, 0.1) is 11.1 Å². The fourth-order valence-electron chi connectivity index (χ4n) is 1.82. The van der Waals surface area contributed by atoms with Crippen molar-refractivity contribution >= 4 is 0 Å². The molecule has 0 saturated carbocycles. The number of pyridine rings is 2. The van der Waals surface area contributed by atoms with E-state index < -0.39 is 0 Å². The lowest BCUT2D eigenvalue weighted by molar-refractivity contribution is 0.592. The van der Waals surface area contributed by atoms with E-state index in [2.05, 4.69) is 9.97 Å². The molecular weight excluding hydrogens is 264 g/mol. The Kier molecular flexibility index (Phi) is 3.16. The van der Waals surface area contributed by atoms with Crippen LogP contribution in [0, 0.1) is 22.7 Å². The lowest BCUT2D eigenvalue weighted by atomic mass is 10.2. The predicted molar refractivity (Wildman–Crippen MR) is 74.6 cm³/mol. The van der Waals surface area contributed by atoms with Crippen LogP contribution < -0.4 is 0 Å². The van der Waals surface area contributed by atoms with Crippen molar-refractivity contribution in [2.75, 3.05) is 0 Å².